The number of imidazole rings is 1. The lowest BCUT2D eigenvalue weighted by Crippen LogP contribution is -2.03. The van der Waals surface area contributed by atoms with Crippen molar-refractivity contribution >= 4 is 35.3 Å². The van der Waals surface area contributed by atoms with E-state index in [4.69, 9.17) is 17.2 Å². The number of nitrogens with zero attached hydrogens (tertiary/aromatic N) is 4. The fourth-order valence-electron chi connectivity index (χ4n) is 1.40. The van der Waals surface area contributed by atoms with Crippen LogP contribution in [0.15, 0.2) is 18.5 Å². The SMILES string of the molecule is Cl.NC/C=C\Cn1cnc2c(N)nc(N)nc21. The van der Waals surface area contributed by atoms with Gasteiger partial charge in [-0.15, -0.1) is 12.4 Å². The fraction of sp³-hybridized carbons (Fsp3) is 0.222. The van der Waals surface area contributed by atoms with Gasteiger partial charge in [-0.05, 0) is 0 Å². The van der Waals surface area contributed by atoms with E-state index in [-0.39, 0.29) is 18.4 Å². The van der Waals surface area contributed by atoms with E-state index in [2.05, 4.69) is 15.0 Å². The number of aromatic nitrogens is 4. The van der Waals surface area contributed by atoms with E-state index in [0.717, 1.165) is 0 Å². The summed E-state index contributed by atoms with van der Waals surface area (Å²) >= 11 is 0. The van der Waals surface area contributed by atoms with Gasteiger partial charge < -0.3 is 21.8 Å². The van der Waals surface area contributed by atoms with Gasteiger partial charge in [0.2, 0.25) is 5.95 Å². The second kappa shape index (κ2) is 5.46. The van der Waals surface area contributed by atoms with E-state index in [1.807, 2.05) is 16.7 Å². The maximum Gasteiger partial charge on any atom is 0.224 e. The van der Waals surface area contributed by atoms with Crippen molar-refractivity contribution in [3.63, 3.8) is 0 Å². The van der Waals surface area contributed by atoms with E-state index >= 15 is 0 Å². The van der Waals surface area contributed by atoms with Crippen LogP contribution < -0.4 is 17.2 Å². The molecule has 0 unspecified atom stereocenters. The van der Waals surface area contributed by atoms with Crippen LogP contribution in [0.1, 0.15) is 0 Å². The molecule has 0 fully saturated rings. The maximum atomic E-state index is 5.68. The zero-order chi connectivity index (χ0) is 11.5. The van der Waals surface area contributed by atoms with Crippen LogP contribution >= 0.6 is 12.4 Å². The monoisotopic (exact) mass is 255 g/mol. The van der Waals surface area contributed by atoms with Crippen molar-refractivity contribution in [1.82, 2.24) is 19.5 Å². The molecule has 0 bridgehead atoms. The Balaban J connectivity index is 0.00000144. The summed E-state index contributed by atoms with van der Waals surface area (Å²) in [7, 11) is 0. The summed E-state index contributed by atoms with van der Waals surface area (Å²) in [5.41, 5.74) is 17.8. The van der Waals surface area contributed by atoms with Gasteiger partial charge in [-0.1, -0.05) is 12.2 Å². The summed E-state index contributed by atoms with van der Waals surface area (Å²) in [5.74, 6) is 0.443. The smallest absolute Gasteiger partial charge is 0.224 e. The summed E-state index contributed by atoms with van der Waals surface area (Å²) < 4.78 is 1.83. The number of nitrogen functional groups attached to an aromatic ring is 2. The highest BCUT2D eigenvalue weighted by molar-refractivity contribution is 5.85. The second-order valence-corrected chi connectivity index (χ2v) is 3.24. The van der Waals surface area contributed by atoms with Crippen molar-refractivity contribution in [1.29, 1.82) is 0 Å². The molecule has 0 aromatic carbocycles. The molecule has 17 heavy (non-hydrogen) atoms. The Morgan fingerprint density at radius 3 is 2.71 bits per heavy atom. The Bertz CT molecular complexity index is 533. The molecule has 2 aromatic rings. The number of halogens is 1. The first-order chi connectivity index (χ1) is 7.72. The lowest BCUT2D eigenvalue weighted by molar-refractivity contribution is 0.835. The topological polar surface area (TPSA) is 122 Å². The predicted octanol–water partition coefficient (Wildman–Crippen LogP) is -0.0726. The van der Waals surface area contributed by atoms with Crippen LogP contribution in [0.2, 0.25) is 0 Å². The fourth-order valence-corrected chi connectivity index (χ4v) is 1.40. The maximum absolute atomic E-state index is 5.68. The number of hydrogen-bond acceptors (Lipinski definition) is 6. The molecule has 2 rings (SSSR count). The average molecular weight is 256 g/mol. The molecule has 92 valence electrons. The Kier molecular flexibility index (Phi) is 4.24. The van der Waals surface area contributed by atoms with Crippen molar-refractivity contribution in [2.75, 3.05) is 18.0 Å². The van der Waals surface area contributed by atoms with Gasteiger partial charge in [0.25, 0.3) is 0 Å². The largest absolute Gasteiger partial charge is 0.382 e. The molecule has 2 heterocycles. The summed E-state index contributed by atoms with van der Waals surface area (Å²) in [5, 5.41) is 0. The first kappa shape index (κ1) is 13.2. The summed E-state index contributed by atoms with van der Waals surface area (Å²) in [4.78, 5) is 12.1. The minimum absolute atomic E-state index is 0. The van der Waals surface area contributed by atoms with E-state index in [1.165, 1.54) is 0 Å². The van der Waals surface area contributed by atoms with Gasteiger partial charge in [-0.25, -0.2) is 4.98 Å². The third kappa shape index (κ3) is 2.63. The zero-order valence-corrected chi connectivity index (χ0v) is 9.89. The number of fused-ring (bicyclic) bond motifs is 1. The van der Waals surface area contributed by atoms with Crippen molar-refractivity contribution < 1.29 is 0 Å². The number of allylic oxidation sites excluding steroid dienone is 1. The molecule has 8 heteroatoms. The highest BCUT2D eigenvalue weighted by atomic mass is 35.5. The lowest BCUT2D eigenvalue weighted by atomic mass is 10.4. The van der Waals surface area contributed by atoms with Crippen LogP contribution in [0.25, 0.3) is 11.2 Å². The van der Waals surface area contributed by atoms with Crippen LogP contribution in [-0.2, 0) is 6.54 Å². The minimum Gasteiger partial charge on any atom is -0.382 e. The van der Waals surface area contributed by atoms with Crippen LogP contribution in [0.3, 0.4) is 0 Å². The summed E-state index contributed by atoms with van der Waals surface area (Å²) in [6.07, 6.45) is 5.44. The molecule has 2 aromatic heterocycles. The zero-order valence-electron chi connectivity index (χ0n) is 9.08. The van der Waals surface area contributed by atoms with Gasteiger partial charge in [0.15, 0.2) is 11.5 Å². The third-order valence-corrected chi connectivity index (χ3v) is 2.11. The van der Waals surface area contributed by atoms with Crippen LogP contribution in [0.4, 0.5) is 11.8 Å². The normalized spacial score (nSPS) is 10.9. The van der Waals surface area contributed by atoms with E-state index in [9.17, 15) is 0 Å². The van der Waals surface area contributed by atoms with Gasteiger partial charge in [-0.3, -0.25) is 0 Å². The molecular weight excluding hydrogens is 242 g/mol. The molecule has 0 amide bonds. The van der Waals surface area contributed by atoms with Crippen molar-refractivity contribution in [2.24, 2.45) is 5.73 Å². The Labute approximate surface area is 104 Å². The highest BCUT2D eigenvalue weighted by Crippen LogP contribution is 2.16. The van der Waals surface area contributed by atoms with Gasteiger partial charge in [-0.2, -0.15) is 9.97 Å². The van der Waals surface area contributed by atoms with Crippen LogP contribution in [-0.4, -0.2) is 26.1 Å². The molecule has 0 aliphatic rings. The summed E-state index contributed by atoms with van der Waals surface area (Å²) in [6, 6.07) is 0. The molecule has 0 radical (unpaired) electrons. The Morgan fingerprint density at radius 1 is 1.24 bits per heavy atom. The van der Waals surface area contributed by atoms with Crippen molar-refractivity contribution in [2.45, 2.75) is 6.54 Å². The molecular formula is C9H14ClN7. The molecule has 0 spiro atoms. The Morgan fingerprint density at radius 2 is 2.00 bits per heavy atom. The van der Waals surface area contributed by atoms with Gasteiger partial charge >= 0.3 is 0 Å². The average Bonchev–Trinajstić information content (AvgIpc) is 2.62. The van der Waals surface area contributed by atoms with E-state index < -0.39 is 0 Å². The van der Waals surface area contributed by atoms with E-state index in [0.29, 0.717) is 30.1 Å². The van der Waals surface area contributed by atoms with Crippen LogP contribution in [0, 0.1) is 0 Å². The molecule has 0 aliphatic carbocycles. The predicted molar refractivity (Wildman–Crippen MR) is 69.6 cm³/mol. The van der Waals surface area contributed by atoms with Gasteiger partial charge in [0.1, 0.15) is 5.52 Å². The number of nitrogens with two attached hydrogens (primary N) is 3. The Hall–Kier alpha value is -1.86. The second-order valence-electron chi connectivity index (χ2n) is 3.24. The lowest BCUT2D eigenvalue weighted by Gasteiger charge is -2.00. The number of rotatable bonds is 3. The quantitative estimate of drug-likeness (QED) is 0.660. The molecule has 0 saturated carbocycles. The standard InChI is InChI=1S/C9H13N7.ClH/c10-3-1-2-4-16-5-13-6-7(11)14-9(12)15-8(6)16;/h1-2,5H,3-4,10H2,(H4,11,12,14,15);1H/b2-1-;. The molecule has 0 atom stereocenters. The molecule has 0 aliphatic heterocycles. The molecule has 0 saturated heterocycles. The summed E-state index contributed by atoms with van der Waals surface area (Å²) in [6.45, 7) is 1.13. The highest BCUT2D eigenvalue weighted by Gasteiger charge is 2.08. The number of anilines is 2. The molecule has 7 nitrogen and oxygen atoms in total. The van der Waals surface area contributed by atoms with Crippen molar-refractivity contribution in [3.8, 4) is 0 Å². The first-order valence-electron chi connectivity index (χ1n) is 4.81. The van der Waals surface area contributed by atoms with Crippen molar-refractivity contribution in [3.05, 3.63) is 18.5 Å². The van der Waals surface area contributed by atoms with E-state index in [1.54, 1.807) is 6.33 Å². The van der Waals surface area contributed by atoms with Crippen LogP contribution in [0.5, 0.6) is 0 Å². The first-order valence-corrected chi connectivity index (χ1v) is 4.81. The molecule has 6 N–H and O–H groups in total. The van der Waals surface area contributed by atoms with Gasteiger partial charge in [0.05, 0.1) is 6.33 Å². The third-order valence-electron chi connectivity index (χ3n) is 2.11. The number of hydrogen-bond donors (Lipinski definition) is 3. The van der Waals surface area contributed by atoms with Gasteiger partial charge in [0, 0.05) is 13.1 Å². The minimum atomic E-state index is 0.